The van der Waals surface area contributed by atoms with Crippen molar-refractivity contribution >= 4 is 72.2 Å². The first kappa shape index (κ1) is 24.7. The summed E-state index contributed by atoms with van der Waals surface area (Å²) in [4.78, 5) is 18.4. The van der Waals surface area contributed by atoms with Crippen LogP contribution < -0.4 is 9.54 Å². The summed E-state index contributed by atoms with van der Waals surface area (Å²) in [6.07, 6.45) is 3.96. The number of hydrogen-bond acceptors (Lipinski definition) is 7. The molecule has 33 heavy (non-hydrogen) atoms. The minimum absolute atomic E-state index is 0.149. The number of ether oxygens (including phenoxy) is 1. The number of thiophene rings is 1. The van der Waals surface area contributed by atoms with Gasteiger partial charge in [0.05, 0.1) is 21.7 Å². The number of amides is 1. The molecule has 0 spiro atoms. The third-order valence-electron chi connectivity index (χ3n) is 5.47. The van der Waals surface area contributed by atoms with Gasteiger partial charge in [0, 0.05) is 18.8 Å². The van der Waals surface area contributed by atoms with E-state index in [1.54, 1.807) is 24.9 Å². The van der Waals surface area contributed by atoms with Gasteiger partial charge in [0.15, 0.2) is 4.80 Å². The predicted octanol–water partition coefficient (Wildman–Crippen LogP) is 4.46. The summed E-state index contributed by atoms with van der Waals surface area (Å²) in [5.41, 5.74) is 0.975. The number of fused-ring (bicyclic) bond motifs is 1. The Morgan fingerprint density at radius 1 is 1.27 bits per heavy atom. The Labute approximate surface area is 210 Å². The van der Waals surface area contributed by atoms with Gasteiger partial charge in [0.2, 0.25) is 0 Å². The second-order valence-electron chi connectivity index (χ2n) is 7.50. The molecule has 3 heterocycles. The Balaban J connectivity index is 1.74. The predicted molar refractivity (Wildman–Crippen MR) is 136 cm³/mol. The first-order valence-electron chi connectivity index (χ1n) is 10.4. The minimum Gasteiger partial charge on any atom is -0.497 e. The number of carbonyl (C=O) groups is 1. The van der Waals surface area contributed by atoms with E-state index in [1.165, 1.54) is 21.7 Å². The molecule has 1 aromatic carbocycles. The van der Waals surface area contributed by atoms with Gasteiger partial charge >= 0.3 is 0 Å². The van der Waals surface area contributed by atoms with Gasteiger partial charge in [0.1, 0.15) is 16.0 Å². The summed E-state index contributed by atoms with van der Waals surface area (Å²) >= 11 is 10.1. The van der Waals surface area contributed by atoms with E-state index in [0.717, 1.165) is 39.5 Å². The van der Waals surface area contributed by atoms with Gasteiger partial charge in [-0.1, -0.05) is 29.4 Å². The summed E-state index contributed by atoms with van der Waals surface area (Å²) < 4.78 is 36.7. The number of thiazole rings is 1. The van der Waals surface area contributed by atoms with Crippen molar-refractivity contribution in [3.8, 4) is 5.75 Å². The number of sulfonamides is 1. The molecule has 7 nitrogen and oxygen atoms in total. The zero-order chi connectivity index (χ0) is 23.6. The maximum absolute atomic E-state index is 13.4. The first-order valence-corrected chi connectivity index (χ1v) is 15.2. The molecule has 0 bridgehead atoms. The largest absolute Gasteiger partial charge is 0.497 e. The van der Waals surface area contributed by atoms with Crippen LogP contribution in [0, 0.1) is 0 Å². The molecule has 4 rings (SSSR count). The highest BCUT2D eigenvalue weighted by atomic mass is 35.5. The third-order valence-corrected chi connectivity index (χ3v) is 10.7. The number of benzene rings is 1. The fraction of sp³-hybridized carbons (Fsp3) is 0.429. The average molecular weight is 546 g/mol. The van der Waals surface area contributed by atoms with Crippen LogP contribution in [0.2, 0.25) is 4.34 Å². The minimum atomic E-state index is -3.82. The van der Waals surface area contributed by atoms with E-state index in [2.05, 4.69) is 4.99 Å². The molecule has 1 atom stereocenters. The molecule has 1 aliphatic heterocycles. The van der Waals surface area contributed by atoms with Crippen molar-refractivity contribution in [2.45, 2.75) is 36.1 Å². The van der Waals surface area contributed by atoms with Gasteiger partial charge in [0.25, 0.3) is 15.9 Å². The van der Waals surface area contributed by atoms with Crippen LogP contribution in [0.3, 0.4) is 0 Å². The average Bonchev–Trinajstić information content (AvgIpc) is 3.40. The lowest BCUT2D eigenvalue weighted by molar-refractivity contribution is -0.122. The molecule has 12 heteroatoms. The van der Waals surface area contributed by atoms with Crippen molar-refractivity contribution in [2.75, 3.05) is 25.7 Å². The number of aryl methyl sites for hydroxylation is 1. The highest BCUT2D eigenvalue weighted by Gasteiger charge is 2.38. The summed E-state index contributed by atoms with van der Waals surface area (Å²) in [6.45, 7) is 0.986. The van der Waals surface area contributed by atoms with E-state index >= 15 is 0 Å². The van der Waals surface area contributed by atoms with E-state index in [9.17, 15) is 13.2 Å². The maximum atomic E-state index is 13.4. The highest BCUT2D eigenvalue weighted by Crippen LogP contribution is 2.32. The summed E-state index contributed by atoms with van der Waals surface area (Å²) in [5.74, 6) is 1.16. The van der Waals surface area contributed by atoms with Gasteiger partial charge in [-0.05, 0) is 49.4 Å². The molecule has 1 saturated heterocycles. The molecule has 1 aliphatic rings. The van der Waals surface area contributed by atoms with Crippen molar-refractivity contribution in [1.29, 1.82) is 0 Å². The Morgan fingerprint density at radius 2 is 2.09 bits per heavy atom. The Hall–Kier alpha value is -1.37. The van der Waals surface area contributed by atoms with Crippen molar-refractivity contribution in [1.82, 2.24) is 8.87 Å². The number of thioether (sulfide) groups is 1. The van der Waals surface area contributed by atoms with Gasteiger partial charge in [-0.15, -0.1) is 11.3 Å². The lowest BCUT2D eigenvalue weighted by Crippen LogP contribution is -2.47. The van der Waals surface area contributed by atoms with Gasteiger partial charge in [-0.25, -0.2) is 8.42 Å². The number of rotatable bonds is 7. The first-order chi connectivity index (χ1) is 15.8. The van der Waals surface area contributed by atoms with E-state index in [1.807, 2.05) is 29.0 Å². The topological polar surface area (TPSA) is 81.0 Å². The third kappa shape index (κ3) is 5.18. The molecule has 0 aliphatic carbocycles. The number of hydrogen-bond donors (Lipinski definition) is 0. The normalized spacial score (nSPS) is 18.2. The molecule has 0 radical (unpaired) electrons. The second kappa shape index (κ2) is 10.5. The second-order valence-corrected chi connectivity index (χ2v) is 13.3. The van der Waals surface area contributed by atoms with Gasteiger partial charge < -0.3 is 9.30 Å². The molecule has 1 unspecified atom stereocenters. The van der Waals surface area contributed by atoms with Crippen LogP contribution in [0.15, 0.2) is 39.5 Å². The maximum Gasteiger partial charge on any atom is 0.266 e. The van der Waals surface area contributed by atoms with Gasteiger partial charge in [-0.3, -0.25) is 4.79 Å². The van der Waals surface area contributed by atoms with Crippen molar-refractivity contribution in [3.63, 3.8) is 0 Å². The molecular formula is C21H24ClN3O4S4. The lowest BCUT2D eigenvalue weighted by Gasteiger charge is -2.31. The number of carbonyl (C=O) groups excluding carboxylic acids is 1. The Kier molecular flexibility index (Phi) is 7.87. The smallest absolute Gasteiger partial charge is 0.266 e. The van der Waals surface area contributed by atoms with Crippen LogP contribution in [0.25, 0.3) is 10.2 Å². The van der Waals surface area contributed by atoms with Crippen molar-refractivity contribution < 1.29 is 17.9 Å². The van der Waals surface area contributed by atoms with Crippen molar-refractivity contribution in [3.05, 3.63) is 39.5 Å². The number of nitrogens with zero attached hydrogens (tertiary/aromatic N) is 3. The fourth-order valence-corrected chi connectivity index (χ4v) is 8.54. The number of halogens is 1. The van der Waals surface area contributed by atoms with Crippen LogP contribution in [-0.4, -0.2) is 54.9 Å². The highest BCUT2D eigenvalue weighted by molar-refractivity contribution is 7.98. The quantitative estimate of drug-likeness (QED) is 0.438. The molecule has 3 aromatic rings. The molecular weight excluding hydrogens is 522 g/mol. The zero-order valence-electron chi connectivity index (χ0n) is 18.2. The summed E-state index contributed by atoms with van der Waals surface area (Å²) in [7, 11) is -2.21. The molecule has 0 N–H and O–H groups in total. The number of aromatic nitrogens is 1. The Bertz CT molecular complexity index is 1330. The summed E-state index contributed by atoms with van der Waals surface area (Å²) in [6, 6.07) is 8.01. The SMILES string of the molecule is COc1ccc2c(c1)sc(=NC(=O)C1CCCCN1S(=O)(=O)c1ccc(Cl)s1)n2CCSC. The monoisotopic (exact) mass is 545 g/mol. The van der Waals surface area contributed by atoms with E-state index < -0.39 is 22.0 Å². The molecule has 0 saturated carbocycles. The van der Waals surface area contributed by atoms with E-state index in [4.69, 9.17) is 16.3 Å². The number of methoxy groups -OCH3 is 1. The Morgan fingerprint density at radius 3 is 2.79 bits per heavy atom. The summed E-state index contributed by atoms with van der Waals surface area (Å²) in [5, 5.41) is 0. The molecule has 1 amide bonds. The van der Waals surface area contributed by atoms with Crippen molar-refractivity contribution in [2.24, 2.45) is 4.99 Å². The molecule has 1 fully saturated rings. The standard InChI is InChI=1S/C21H24ClN3O4S4/c1-29-14-6-7-15-17(13-14)31-21(24(15)11-12-30-2)23-20(26)16-5-3-4-10-25(16)33(27,28)19-9-8-18(22)32-19/h6-9,13,16H,3-5,10-12H2,1-2H3. The van der Waals surface area contributed by atoms with E-state index in [-0.39, 0.29) is 4.21 Å². The van der Waals surface area contributed by atoms with Crippen LogP contribution in [0.1, 0.15) is 19.3 Å². The van der Waals surface area contributed by atoms with Crippen LogP contribution in [0.4, 0.5) is 0 Å². The molecule has 2 aromatic heterocycles. The van der Waals surface area contributed by atoms with Crippen LogP contribution >= 0.6 is 46.0 Å². The molecule has 178 valence electrons. The van der Waals surface area contributed by atoms with Gasteiger partial charge in [-0.2, -0.15) is 21.1 Å². The van der Waals surface area contributed by atoms with Crippen LogP contribution in [0.5, 0.6) is 5.75 Å². The van der Waals surface area contributed by atoms with E-state index in [0.29, 0.717) is 35.1 Å². The number of piperidine rings is 1. The lowest BCUT2D eigenvalue weighted by atomic mass is 10.0. The fourth-order valence-electron chi connectivity index (χ4n) is 3.82. The van der Waals surface area contributed by atoms with Crippen LogP contribution in [-0.2, 0) is 21.4 Å². The zero-order valence-corrected chi connectivity index (χ0v) is 22.2.